The summed E-state index contributed by atoms with van der Waals surface area (Å²) >= 11 is 0. The molecule has 1 N–H and O–H groups in total. The van der Waals surface area contributed by atoms with Gasteiger partial charge in [0.2, 0.25) is 6.79 Å². The first-order valence-corrected chi connectivity index (χ1v) is 8.57. The molecule has 2 aromatic rings. The standard InChI is InChI=1S/C20H20FNO5/c1-13(7-14-3-2-4-16(21)8-14)20(24)25-11-19(23)22-10-15-5-6-17-18(9-15)27-12-26-17/h2-6,8-9,13H,7,10-12H2,1H3,(H,22,23). The Hall–Kier alpha value is -3.09. The number of rotatable bonds is 7. The number of hydrogen-bond acceptors (Lipinski definition) is 5. The second-order valence-electron chi connectivity index (χ2n) is 6.31. The third-order valence-electron chi connectivity index (χ3n) is 4.11. The van der Waals surface area contributed by atoms with E-state index in [0.29, 0.717) is 23.5 Å². The van der Waals surface area contributed by atoms with Gasteiger partial charge in [0.05, 0.1) is 5.92 Å². The summed E-state index contributed by atoms with van der Waals surface area (Å²) < 4.78 is 28.7. The Labute approximate surface area is 156 Å². The summed E-state index contributed by atoms with van der Waals surface area (Å²) in [7, 11) is 0. The van der Waals surface area contributed by atoms with Crippen LogP contribution in [0, 0.1) is 11.7 Å². The monoisotopic (exact) mass is 373 g/mol. The maximum atomic E-state index is 13.2. The molecule has 0 fully saturated rings. The Bertz CT molecular complexity index is 839. The molecule has 7 heteroatoms. The van der Waals surface area contributed by atoms with Gasteiger partial charge >= 0.3 is 5.97 Å². The minimum atomic E-state index is -0.502. The van der Waals surface area contributed by atoms with Crippen molar-refractivity contribution in [2.75, 3.05) is 13.4 Å². The first kappa shape index (κ1) is 18.7. The van der Waals surface area contributed by atoms with E-state index in [2.05, 4.69) is 5.32 Å². The molecule has 1 atom stereocenters. The summed E-state index contributed by atoms with van der Waals surface area (Å²) in [6.45, 7) is 1.79. The van der Waals surface area contributed by atoms with Gasteiger partial charge < -0.3 is 19.5 Å². The lowest BCUT2D eigenvalue weighted by Gasteiger charge is -2.12. The van der Waals surface area contributed by atoms with Crippen LogP contribution < -0.4 is 14.8 Å². The fraction of sp³-hybridized carbons (Fsp3) is 0.300. The summed E-state index contributed by atoms with van der Waals surface area (Å²) in [5.74, 6) is -0.425. The molecule has 0 aromatic heterocycles. The Morgan fingerprint density at radius 1 is 1.15 bits per heavy atom. The molecule has 1 aliphatic heterocycles. The second kappa shape index (κ2) is 8.53. The normalized spacial score (nSPS) is 13.1. The first-order valence-electron chi connectivity index (χ1n) is 8.57. The molecule has 1 heterocycles. The fourth-order valence-electron chi connectivity index (χ4n) is 2.68. The van der Waals surface area contributed by atoms with Crippen LogP contribution in [0.4, 0.5) is 4.39 Å². The zero-order chi connectivity index (χ0) is 19.2. The maximum absolute atomic E-state index is 13.2. The number of nitrogens with one attached hydrogen (secondary N) is 1. The highest BCUT2D eigenvalue weighted by Crippen LogP contribution is 2.32. The van der Waals surface area contributed by atoms with E-state index in [0.717, 1.165) is 5.56 Å². The van der Waals surface area contributed by atoms with Crippen LogP contribution in [0.2, 0.25) is 0 Å². The van der Waals surface area contributed by atoms with Crippen LogP contribution in [0.5, 0.6) is 11.5 Å². The Kier molecular flexibility index (Phi) is 5.90. The van der Waals surface area contributed by atoms with Crippen molar-refractivity contribution >= 4 is 11.9 Å². The zero-order valence-electron chi connectivity index (χ0n) is 14.9. The van der Waals surface area contributed by atoms with Gasteiger partial charge in [0, 0.05) is 6.54 Å². The average molecular weight is 373 g/mol. The predicted molar refractivity (Wildman–Crippen MR) is 94.6 cm³/mol. The van der Waals surface area contributed by atoms with E-state index in [9.17, 15) is 14.0 Å². The van der Waals surface area contributed by atoms with E-state index < -0.39 is 17.8 Å². The minimum Gasteiger partial charge on any atom is -0.455 e. The number of fused-ring (bicyclic) bond motifs is 1. The third-order valence-corrected chi connectivity index (χ3v) is 4.11. The van der Waals surface area contributed by atoms with Crippen LogP contribution in [0.25, 0.3) is 0 Å². The number of esters is 1. The number of carbonyl (C=O) groups excluding carboxylic acids is 2. The van der Waals surface area contributed by atoms with Gasteiger partial charge in [0.15, 0.2) is 18.1 Å². The van der Waals surface area contributed by atoms with Gasteiger partial charge in [0.1, 0.15) is 5.82 Å². The van der Waals surface area contributed by atoms with Gasteiger partial charge in [0.25, 0.3) is 5.91 Å². The van der Waals surface area contributed by atoms with Crippen molar-refractivity contribution in [1.29, 1.82) is 0 Å². The van der Waals surface area contributed by atoms with Crippen LogP contribution in [-0.2, 0) is 27.3 Å². The van der Waals surface area contributed by atoms with E-state index in [1.807, 2.05) is 6.07 Å². The Balaban J connectivity index is 1.41. The number of amides is 1. The molecule has 6 nitrogen and oxygen atoms in total. The van der Waals surface area contributed by atoms with Crippen LogP contribution in [0.15, 0.2) is 42.5 Å². The highest BCUT2D eigenvalue weighted by Gasteiger charge is 2.17. The number of hydrogen-bond donors (Lipinski definition) is 1. The molecule has 0 spiro atoms. The van der Waals surface area contributed by atoms with Crippen molar-refractivity contribution in [2.45, 2.75) is 19.9 Å². The van der Waals surface area contributed by atoms with Crippen LogP contribution in [-0.4, -0.2) is 25.3 Å². The maximum Gasteiger partial charge on any atom is 0.309 e. The van der Waals surface area contributed by atoms with Crippen LogP contribution in [0.1, 0.15) is 18.1 Å². The molecule has 142 valence electrons. The van der Waals surface area contributed by atoms with Crippen LogP contribution >= 0.6 is 0 Å². The van der Waals surface area contributed by atoms with Gasteiger partial charge in [-0.2, -0.15) is 0 Å². The molecule has 27 heavy (non-hydrogen) atoms. The number of ether oxygens (including phenoxy) is 3. The third kappa shape index (κ3) is 5.20. The molecule has 0 aliphatic carbocycles. The van der Waals surface area contributed by atoms with Crippen molar-refractivity contribution in [3.63, 3.8) is 0 Å². The molecule has 1 aliphatic rings. The lowest BCUT2D eigenvalue weighted by Crippen LogP contribution is -2.30. The molecule has 3 rings (SSSR count). The SMILES string of the molecule is CC(Cc1cccc(F)c1)C(=O)OCC(=O)NCc1ccc2c(c1)OCO2. The zero-order valence-corrected chi connectivity index (χ0v) is 14.9. The molecule has 0 bridgehead atoms. The van der Waals surface area contributed by atoms with Crippen molar-refractivity contribution in [3.8, 4) is 11.5 Å². The highest BCUT2D eigenvalue weighted by molar-refractivity contribution is 5.81. The van der Waals surface area contributed by atoms with E-state index in [1.54, 1.807) is 31.2 Å². The van der Waals surface area contributed by atoms with Gasteiger partial charge in [-0.25, -0.2) is 4.39 Å². The molecule has 0 radical (unpaired) electrons. The van der Waals surface area contributed by atoms with Crippen molar-refractivity contribution in [2.24, 2.45) is 5.92 Å². The van der Waals surface area contributed by atoms with Crippen molar-refractivity contribution < 1.29 is 28.2 Å². The molecular formula is C20H20FNO5. The Morgan fingerprint density at radius 2 is 1.96 bits per heavy atom. The van der Waals surface area contributed by atoms with E-state index in [-0.39, 0.29) is 25.8 Å². The topological polar surface area (TPSA) is 73.9 Å². The van der Waals surface area contributed by atoms with E-state index in [1.165, 1.54) is 12.1 Å². The molecule has 0 saturated carbocycles. The number of carbonyl (C=O) groups is 2. The highest BCUT2D eigenvalue weighted by atomic mass is 19.1. The second-order valence-corrected chi connectivity index (χ2v) is 6.31. The van der Waals surface area contributed by atoms with Gasteiger partial charge in [-0.1, -0.05) is 25.1 Å². The summed E-state index contributed by atoms with van der Waals surface area (Å²) in [6.07, 6.45) is 0.343. The van der Waals surface area contributed by atoms with E-state index >= 15 is 0 Å². The summed E-state index contributed by atoms with van der Waals surface area (Å²) in [4.78, 5) is 23.9. The lowest BCUT2D eigenvalue weighted by molar-refractivity contribution is -0.152. The lowest BCUT2D eigenvalue weighted by atomic mass is 10.0. The molecule has 2 aromatic carbocycles. The van der Waals surface area contributed by atoms with Crippen molar-refractivity contribution in [1.82, 2.24) is 5.32 Å². The first-order chi connectivity index (χ1) is 13.0. The minimum absolute atomic E-state index is 0.189. The number of halogens is 1. The van der Waals surface area contributed by atoms with E-state index in [4.69, 9.17) is 14.2 Å². The Morgan fingerprint density at radius 3 is 2.78 bits per heavy atom. The smallest absolute Gasteiger partial charge is 0.309 e. The van der Waals surface area contributed by atoms with Crippen molar-refractivity contribution in [3.05, 3.63) is 59.4 Å². The summed E-state index contributed by atoms with van der Waals surface area (Å²) in [5, 5.41) is 2.68. The molecule has 1 amide bonds. The quantitative estimate of drug-likeness (QED) is 0.755. The van der Waals surface area contributed by atoms with Crippen LogP contribution in [0.3, 0.4) is 0 Å². The summed E-state index contributed by atoms with van der Waals surface area (Å²) in [5.41, 5.74) is 1.55. The predicted octanol–water partition coefficient (Wildman–Crippen LogP) is 2.59. The average Bonchev–Trinajstić information content (AvgIpc) is 3.12. The van der Waals surface area contributed by atoms with Gasteiger partial charge in [-0.15, -0.1) is 0 Å². The summed E-state index contributed by atoms with van der Waals surface area (Å²) in [6, 6.07) is 11.4. The van der Waals surface area contributed by atoms with Gasteiger partial charge in [-0.05, 0) is 41.8 Å². The molecule has 0 saturated heterocycles. The van der Waals surface area contributed by atoms with Gasteiger partial charge in [-0.3, -0.25) is 9.59 Å². The largest absolute Gasteiger partial charge is 0.455 e. The number of benzene rings is 2. The molecule has 1 unspecified atom stereocenters. The molecular weight excluding hydrogens is 353 g/mol. The fourth-order valence-corrected chi connectivity index (χ4v) is 2.68.